The standard InChI is InChI=1S/C18H22ClN3O2S/c1-12-3-4-13(10-15(12)19)9-14-11-21-17(25-14)22-16(23)18(24-2)5-7-20-8-6-18/h3-4,10-11,20H,5-9H2,1-2H3,(H,21,22,23). The number of nitrogens with one attached hydrogen (secondary N) is 2. The summed E-state index contributed by atoms with van der Waals surface area (Å²) in [6.07, 6.45) is 3.87. The summed E-state index contributed by atoms with van der Waals surface area (Å²) in [5, 5.41) is 7.54. The fourth-order valence-electron chi connectivity index (χ4n) is 2.96. The molecule has 1 aromatic carbocycles. The van der Waals surface area contributed by atoms with E-state index in [9.17, 15) is 4.79 Å². The predicted molar refractivity (Wildman–Crippen MR) is 102 cm³/mol. The number of hydrogen-bond acceptors (Lipinski definition) is 5. The number of amides is 1. The van der Waals surface area contributed by atoms with Crippen molar-refractivity contribution >= 4 is 34.0 Å². The monoisotopic (exact) mass is 379 g/mol. The number of carbonyl (C=O) groups excluding carboxylic acids is 1. The van der Waals surface area contributed by atoms with Crippen LogP contribution >= 0.6 is 22.9 Å². The van der Waals surface area contributed by atoms with Crippen LogP contribution < -0.4 is 10.6 Å². The zero-order valence-electron chi connectivity index (χ0n) is 14.4. The van der Waals surface area contributed by atoms with Gasteiger partial charge in [-0.25, -0.2) is 4.98 Å². The first-order valence-corrected chi connectivity index (χ1v) is 9.49. The lowest BCUT2D eigenvalue weighted by molar-refractivity contribution is -0.140. The molecule has 0 spiro atoms. The first-order valence-electron chi connectivity index (χ1n) is 8.29. The van der Waals surface area contributed by atoms with E-state index in [1.54, 1.807) is 13.3 Å². The van der Waals surface area contributed by atoms with E-state index >= 15 is 0 Å². The number of aryl methyl sites for hydroxylation is 1. The van der Waals surface area contributed by atoms with Gasteiger partial charge in [0, 0.05) is 29.6 Å². The molecule has 0 radical (unpaired) electrons. The molecule has 25 heavy (non-hydrogen) atoms. The summed E-state index contributed by atoms with van der Waals surface area (Å²) in [5.41, 5.74) is 1.43. The van der Waals surface area contributed by atoms with Crippen LogP contribution in [0.5, 0.6) is 0 Å². The average Bonchev–Trinajstić information content (AvgIpc) is 3.05. The van der Waals surface area contributed by atoms with Gasteiger partial charge in [0.1, 0.15) is 5.60 Å². The molecule has 7 heteroatoms. The topological polar surface area (TPSA) is 63.2 Å². The Bertz CT molecular complexity index is 757. The number of methoxy groups -OCH3 is 1. The second kappa shape index (κ2) is 7.83. The fourth-order valence-corrected chi connectivity index (χ4v) is 4.00. The summed E-state index contributed by atoms with van der Waals surface area (Å²) >= 11 is 7.67. The van der Waals surface area contributed by atoms with E-state index in [0.717, 1.165) is 40.5 Å². The number of thiazole rings is 1. The van der Waals surface area contributed by atoms with Crippen molar-refractivity contribution in [3.63, 3.8) is 0 Å². The molecule has 2 heterocycles. The smallest absolute Gasteiger partial charge is 0.258 e. The molecular formula is C18H22ClN3O2S. The van der Waals surface area contributed by atoms with Crippen molar-refractivity contribution in [2.75, 3.05) is 25.5 Å². The normalized spacial score (nSPS) is 16.6. The average molecular weight is 380 g/mol. The first kappa shape index (κ1) is 18.3. The van der Waals surface area contributed by atoms with Crippen LogP contribution in [-0.4, -0.2) is 36.7 Å². The number of halogens is 1. The largest absolute Gasteiger partial charge is 0.368 e. The maximum Gasteiger partial charge on any atom is 0.258 e. The molecule has 1 amide bonds. The Labute approximate surface area is 156 Å². The summed E-state index contributed by atoms with van der Waals surface area (Å²) < 4.78 is 5.55. The number of carbonyl (C=O) groups is 1. The molecule has 1 aromatic heterocycles. The molecule has 2 aromatic rings. The molecule has 2 N–H and O–H groups in total. The molecule has 0 unspecified atom stereocenters. The zero-order chi connectivity index (χ0) is 17.9. The van der Waals surface area contributed by atoms with Gasteiger partial charge < -0.3 is 10.1 Å². The fraction of sp³-hybridized carbons (Fsp3) is 0.444. The van der Waals surface area contributed by atoms with Gasteiger partial charge in [-0.15, -0.1) is 11.3 Å². The Morgan fingerprint density at radius 2 is 2.20 bits per heavy atom. The third kappa shape index (κ3) is 4.20. The van der Waals surface area contributed by atoms with Crippen LogP contribution in [0.4, 0.5) is 5.13 Å². The minimum Gasteiger partial charge on any atom is -0.368 e. The number of aromatic nitrogens is 1. The lowest BCUT2D eigenvalue weighted by Crippen LogP contribution is -2.51. The highest BCUT2D eigenvalue weighted by atomic mass is 35.5. The second-order valence-electron chi connectivity index (χ2n) is 6.29. The van der Waals surface area contributed by atoms with E-state index in [-0.39, 0.29) is 5.91 Å². The molecule has 134 valence electrons. The van der Waals surface area contributed by atoms with Gasteiger partial charge in [0.05, 0.1) is 0 Å². The summed E-state index contributed by atoms with van der Waals surface area (Å²) in [6.45, 7) is 3.54. The number of ether oxygens (including phenoxy) is 1. The SMILES string of the molecule is COC1(C(=O)Nc2ncc(Cc3ccc(C)c(Cl)c3)s2)CCNCC1. The van der Waals surface area contributed by atoms with Crippen LogP contribution in [0.3, 0.4) is 0 Å². The highest BCUT2D eigenvalue weighted by Crippen LogP contribution is 2.27. The summed E-state index contributed by atoms with van der Waals surface area (Å²) in [5.74, 6) is -0.115. The minimum absolute atomic E-state index is 0.115. The molecule has 1 saturated heterocycles. The molecule has 3 rings (SSSR count). The van der Waals surface area contributed by atoms with Crippen molar-refractivity contribution in [2.45, 2.75) is 31.8 Å². The van der Waals surface area contributed by atoms with Crippen molar-refractivity contribution in [2.24, 2.45) is 0 Å². The van der Waals surface area contributed by atoms with Crippen molar-refractivity contribution < 1.29 is 9.53 Å². The lowest BCUT2D eigenvalue weighted by atomic mass is 9.91. The molecule has 1 aliphatic rings. The van der Waals surface area contributed by atoms with Gasteiger partial charge in [-0.1, -0.05) is 23.7 Å². The Kier molecular flexibility index (Phi) is 5.74. The van der Waals surface area contributed by atoms with Gasteiger partial charge in [0.15, 0.2) is 5.13 Å². The third-order valence-corrected chi connectivity index (χ3v) is 5.92. The molecule has 1 fully saturated rings. The molecule has 1 aliphatic heterocycles. The van der Waals surface area contributed by atoms with Crippen molar-refractivity contribution in [3.05, 3.63) is 45.4 Å². The molecular weight excluding hydrogens is 358 g/mol. The van der Waals surface area contributed by atoms with Gasteiger partial charge in [-0.05, 0) is 50.0 Å². The van der Waals surface area contributed by atoms with Crippen molar-refractivity contribution in [1.29, 1.82) is 0 Å². The van der Waals surface area contributed by atoms with E-state index in [1.807, 2.05) is 19.1 Å². The van der Waals surface area contributed by atoms with E-state index in [4.69, 9.17) is 16.3 Å². The van der Waals surface area contributed by atoms with E-state index in [2.05, 4.69) is 21.7 Å². The molecule has 5 nitrogen and oxygen atoms in total. The highest BCUT2D eigenvalue weighted by Gasteiger charge is 2.40. The number of rotatable bonds is 5. The van der Waals surface area contributed by atoms with Crippen molar-refractivity contribution in [1.82, 2.24) is 10.3 Å². The Balaban J connectivity index is 1.66. The van der Waals surface area contributed by atoms with Crippen LogP contribution in [0.15, 0.2) is 24.4 Å². The quantitative estimate of drug-likeness (QED) is 0.835. The zero-order valence-corrected chi connectivity index (χ0v) is 16.0. The van der Waals surface area contributed by atoms with Gasteiger partial charge >= 0.3 is 0 Å². The van der Waals surface area contributed by atoms with Crippen LogP contribution in [0.1, 0.15) is 28.8 Å². The van der Waals surface area contributed by atoms with Crippen LogP contribution in [0.25, 0.3) is 0 Å². The number of piperidine rings is 1. The van der Waals surface area contributed by atoms with Gasteiger partial charge in [-0.3, -0.25) is 10.1 Å². The van der Waals surface area contributed by atoms with Crippen molar-refractivity contribution in [3.8, 4) is 0 Å². The number of benzene rings is 1. The van der Waals surface area contributed by atoms with Crippen LogP contribution in [0, 0.1) is 6.92 Å². The predicted octanol–water partition coefficient (Wildman–Crippen LogP) is 3.40. The minimum atomic E-state index is -0.762. The van der Waals surface area contributed by atoms with Crippen LogP contribution in [-0.2, 0) is 16.0 Å². The van der Waals surface area contributed by atoms with Crippen LogP contribution in [0.2, 0.25) is 5.02 Å². The number of hydrogen-bond donors (Lipinski definition) is 2. The van der Waals surface area contributed by atoms with E-state index in [1.165, 1.54) is 11.3 Å². The first-order chi connectivity index (χ1) is 12.0. The highest BCUT2D eigenvalue weighted by molar-refractivity contribution is 7.15. The third-order valence-electron chi connectivity index (χ3n) is 4.60. The van der Waals surface area contributed by atoms with Gasteiger partial charge in [0.25, 0.3) is 5.91 Å². The second-order valence-corrected chi connectivity index (χ2v) is 7.82. The molecule has 0 bridgehead atoms. The van der Waals surface area contributed by atoms with Gasteiger partial charge in [-0.2, -0.15) is 0 Å². The Hall–Kier alpha value is -1.47. The molecule has 0 atom stereocenters. The summed E-state index contributed by atoms with van der Waals surface area (Å²) in [7, 11) is 1.60. The summed E-state index contributed by atoms with van der Waals surface area (Å²) in [6, 6.07) is 6.05. The van der Waals surface area contributed by atoms with E-state index < -0.39 is 5.60 Å². The number of nitrogens with zero attached hydrogens (tertiary/aromatic N) is 1. The maximum absolute atomic E-state index is 12.7. The number of anilines is 1. The maximum atomic E-state index is 12.7. The molecule has 0 saturated carbocycles. The van der Waals surface area contributed by atoms with Gasteiger partial charge in [0.2, 0.25) is 0 Å². The van der Waals surface area contributed by atoms with E-state index in [0.29, 0.717) is 18.0 Å². The Morgan fingerprint density at radius 3 is 2.88 bits per heavy atom. The Morgan fingerprint density at radius 1 is 1.44 bits per heavy atom. The summed E-state index contributed by atoms with van der Waals surface area (Å²) in [4.78, 5) is 18.1. The lowest BCUT2D eigenvalue weighted by Gasteiger charge is -2.34. The molecule has 0 aliphatic carbocycles.